The van der Waals surface area contributed by atoms with Crippen molar-refractivity contribution in [2.45, 2.75) is 70.8 Å². The molecule has 1 amide bonds. The summed E-state index contributed by atoms with van der Waals surface area (Å²) in [5, 5.41) is 3.10. The summed E-state index contributed by atoms with van der Waals surface area (Å²) >= 11 is 0. The molecule has 0 aromatic heterocycles. The molecule has 2 fully saturated rings. The molecule has 0 bridgehead atoms. The fourth-order valence-electron chi connectivity index (χ4n) is 3.50. The minimum Gasteiger partial charge on any atom is -0.353 e. The van der Waals surface area contributed by atoms with Gasteiger partial charge in [-0.1, -0.05) is 26.2 Å². The average molecular weight is 330 g/mol. The van der Waals surface area contributed by atoms with Crippen molar-refractivity contribution in [1.82, 2.24) is 9.62 Å². The van der Waals surface area contributed by atoms with Gasteiger partial charge < -0.3 is 5.32 Å². The van der Waals surface area contributed by atoms with Gasteiger partial charge in [-0.15, -0.1) is 0 Å². The van der Waals surface area contributed by atoms with Crippen LogP contribution in [0.5, 0.6) is 0 Å². The average Bonchev–Trinajstić information content (AvgIpc) is 2.98. The molecule has 128 valence electrons. The number of nitrogens with zero attached hydrogens (tertiary/aromatic N) is 1. The zero-order valence-electron chi connectivity index (χ0n) is 13.7. The molecular formula is C16H30N2O3S. The van der Waals surface area contributed by atoms with E-state index in [9.17, 15) is 13.2 Å². The highest BCUT2D eigenvalue weighted by Crippen LogP contribution is 2.27. The van der Waals surface area contributed by atoms with Gasteiger partial charge in [0.2, 0.25) is 15.9 Å². The molecule has 0 unspecified atom stereocenters. The lowest BCUT2D eigenvalue weighted by atomic mass is 10.0. The first-order chi connectivity index (χ1) is 10.5. The predicted octanol–water partition coefficient (Wildman–Crippen LogP) is 2.28. The number of rotatable bonds is 7. The van der Waals surface area contributed by atoms with E-state index in [0.717, 1.165) is 25.7 Å². The van der Waals surface area contributed by atoms with Crippen molar-refractivity contribution >= 4 is 15.9 Å². The smallest absolute Gasteiger partial charge is 0.220 e. The van der Waals surface area contributed by atoms with E-state index >= 15 is 0 Å². The van der Waals surface area contributed by atoms with Gasteiger partial charge in [0.15, 0.2) is 0 Å². The number of hydrogen-bond donors (Lipinski definition) is 1. The lowest BCUT2D eigenvalue weighted by Crippen LogP contribution is -2.47. The van der Waals surface area contributed by atoms with Crippen LogP contribution in [0.2, 0.25) is 0 Å². The zero-order chi connectivity index (χ0) is 16.0. The first-order valence-corrected chi connectivity index (χ1v) is 10.4. The molecule has 1 aliphatic heterocycles. The second-order valence-electron chi connectivity index (χ2n) is 6.77. The minimum absolute atomic E-state index is 0.145. The Kier molecular flexibility index (Phi) is 6.68. The van der Waals surface area contributed by atoms with E-state index in [2.05, 4.69) is 5.32 Å². The summed E-state index contributed by atoms with van der Waals surface area (Å²) < 4.78 is 25.9. The molecule has 0 spiro atoms. The maximum Gasteiger partial charge on any atom is 0.220 e. The monoisotopic (exact) mass is 330 g/mol. The highest BCUT2D eigenvalue weighted by molar-refractivity contribution is 7.89. The fourth-order valence-corrected chi connectivity index (χ4v) is 5.18. The number of amides is 1. The molecule has 1 aliphatic carbocycles. The number of piperidine rings is 1. The molecule has 22 heavy (non-hydrogen) atoms. The van der Waals surface area contributed by atoms with Gasteiger partial charge in [0.1, 0.15) is 0 Å². The van der Waals surface area contributed by atoms with E-state index in [1.54, 1.807) is 4.31 Å². The van der Waals surface area contributed by atoms with Crippen LogP contribution < -0.4 is 5.32 Å². The summed E-state index contributed by atoms with van der Waals surface area (Å²) in [6.45, 7) is 3.09. The lowest BCUT2D eigenvalue weighted by molar-refractivity contribution is -0.122. The van der Waals surface area contributed by atoms with Gasteiger partial charge >= 0.3 is 0 Å². The van der Waals surface area contributed by atoms with Crippen LogP contribution in [0.4, 0.5) is 0 Å². The van der Waals surface area contributed by atoms with E-state index in [1.165, 1.54) is 25.7 Å². The highest BCUT2D eigenvalue weighted by Gasteiger charge is 2.28. The van der Waals surface area contributed by atoms with E-state index in [0.29, 0.717) is 25.4 Å². The summed E-state index contributed by atoms with van der Waals surface area (Å²) in [6, 6.07) is 0.145. The zero-order valence-corrected chi connectivity index (χ0v) is 14.5. The molecule has 5 nitrogen and oxygen atoms in total. The lowest BCUT2D eigenvalue weighted by Gasteiger charge is -2.31. The quantitative estimate of drug-likeness (QED) is 0.779. The molecule has 0 radical (unpaired) electrons. The van der Waals surface area contributed by atoms with E-state index in [4.69, 9.17) is 0 Å². The van der Waals surface area contributed by atoms with Crippen LogP contribution in [-0.2, 0) is 14.8 Å². The molecule has 1 heterocycles. The molecule has 1 saturated heterocycles. The normalized spacial score (nSPS) is 22.0. The summed E-state index contributed by atoms with van der Waals surface area (Å²) in [7, 11) is -3.10. The molecule has 0 aromatic carbocycles. The van der Waals surface area contributed by atoms with Gasteiger partial charge in [-0.05, 0) is 38.0 Å². The number of sulfonamides is 1. The van der Waals surface area contributed by atoms with Crippen molar-refractivity contribution < 1.29 is 13.2 Å². The first-order valence-electron chi connectivity index (χ1n) is 8.78. The molecule has 2 aliphatic rings. The minimum atomic E-state index is -3.10. The first kappa shape index (κ1) is 17.7. The Labute approximate surface area is 134 Å². The maximum absolute atomic E-state index is 12.1. The number of hydrogen-bond acceptors (Lipinski definition) is 3. The Balaban J connectivity index is 1.71. The SMILES string of the molecule is CCCCS(=O)(=O)N1CCC(NC(=O)CC2CCCC2)CC1. The molecule has 1 saturated carbocycles. The Morgan fingerprint density at radius 3 is 2.36 bits per heavy atom. The Hall–Kier alpha value is -0.620. The number of unbranched alkanes of at least 4 members (excludes halogenated alkanes) is 1. The van der Waals surface area contributed by atoms with Crippen LogP contribution in [0.1, 0.15) is 64.7 Å². The van der Waals surface area contributed by atoms with Crippen molar-refractivity contribution in [3.05, 3.63) is 0 Å². The van der Waals surface area contributed by atoms with Crippen LogP contribution in [0.25, 0.3) is 0 Å². The van der Waals surface area contributed by atoms with Crippen molar-refractivity contribution in [3.63, 3.8) is 0 Å². The molecular weight excluding hydrogens is 300 g/mol. The number of carbonyl (C=O) groups excluding carboxylic acids is 1. The third-order valence-electron chi connectivity index (χ3n) is 4.92. The molecule has 6 heteroatoms. The summed E-state index contributed by atoms with van der Waals surface area (Å²) in [5.41, 5.74) is 0. The van der Waals surface area contributed by atoms with Crippen molar-refractivity contribution in [3.8, 4) is 0 Å². The fraction of sp³-hybridized carbons (Fsp3) is 0.938. The standard InChI is InChI=1S/C16H30N2O3S/c1-2-3-12-22(20,21)18-10-8-15(9-11-18)17-16(19)13-14-6-4-5-7-14/h14-15H,2-13H2,1H3,(H,17,19). The van der Waals surface area contributed by atoms with Crippen LogP contribution >= 0.6 is 0 Å². The molecule has 1 N–H and O–H groups in total. The Morgan fingerprint density at radius 1 is 1.14 bits per heavy atom. The number of nitrogens with one attached hydrogen (secondary N) is 1. The van der Waals surface area contributed by atoms with E-state index in [-0.39, 0.29) is 17.7 Å². The van der Waals surface area contributed by atoms with Gasteiger partial charge in [-0.2, -0.15) is 0 Å². The van der Waals surface area contributed by atoms with Crippen molar-refractivity contribution in [1.29, 1.82) is 0 Å². The van der Waals surface area contributed by atoms with Gasteiger partial charge in [-0.3, -0.25) is 4.79 Å². The van der Waals surface area contributed by atoms with Crippen LogP contribution in [0.15, 0.2) is 0 Å². The predicted molar refractivity (Wildman–Crippen MR) is 88.0 cm³/mol. The second kappa shape index (κ2) is 8.29. The molecule has 0 atom stereocenters. The summed E-state index contributed by atoms with van der Waals surface area (Å²) in [6.07, 6.45) is 8.62. The second-order valence-corrected chi connectivity index (χ2v) is 8.85. The third kappa shape index (κ3) is 5.23. The Bertz CT molecular complexity index is 450. The van der Waals surface area contributed by atoms with E-state index in [1.807, 2.05) is 6.92 Å². The summed E-state index contributed by atoms with van der Waals surface area (Å²) in [4.78, 5) is 12.0. The van der Waals surface area contributed by atoms with Gasteiger partial charge in [-0.25, -0.2) is 12.7 Å². The van der Waals surface area contributed by atoms with Crippen molar-refractivity contribution in [2.75, 3.05) is 18.8 Å². The molecule has 0 aromatic rings. The summed E-state index contributed by atoms with van der Waals surface area (Å²) in [5.74, 6) is 0.969. The van der Waals surface area contributed by atoms with Gasteiger partial charge in [0.05, 0.1) is 5.75 Å². The van der Waals surface area contributed by atoms with Crippen LogP contribution in [0, 0.1) is 5.92 Å². The van der Waals surface area contributed by atoms with Gasteiger partial charge in [0.25, 0.3) is 0 Å². The largest absolute Gasteiger partial charge is 0.353 e. The third-order valence-corrected chi connectivity index (χ3v) is 6.87. The molecule has 2 rings (SSSR count). The topological polar surface area (TPSA) is 66.5 Å². The van der Waals surface area contributed by atoms with Crippen LogP contribution in [0.3, 0.4) is 0 Å². The number of carbonyl (C=O) groups is 1. The highest BCUT2D eigenvalue weighted by atomic mass is 32.2. The maximum atomic E-state index is 12.1. The van der Waals surface area contributed by atoms with Crippen molar-refractivity contribution in [2.24, 2.45) is 5.92 Å². The van der Waals surface area contributed by atoms with E-state index < -0.39 is 10.0 Å². The van der Waals surface area contributed by atoms with Crippen LogP contribution in [-0.4, -0.2) is 43.5 Å². The van der Waals surface area contributed by atoms with Gasteiger partial charge in [0, 0.05) is 25.6 Å². The Morgan fingerprint density at radius 2 is 1.77 bits per heavy atom.